The SMILES string of the molecule is O=C(O)CCNC(=O)Oc1ccc2c(c1)CCCC2. The van der Waals surface area contributed by atoms with E-state index in [1.165, 1.54) is 24.0 Å². The molecule has 2 rings (SSSR count). The van der Waals surface area contributed by atoms with E-state index >= 15 is 0 Å². The first kappa shape index (κ1) is 13.4. The molecule has 0 spiro atoms. The number of rotatable bonds is 4. The molecule has 1 amide bonds. The average Bonchev–Trinajstić information content (AvgIpc) is 2.38. The van der Waals surface area contributed by atoms with Gasteiger partial charge in [-0.2, -0.15) is 0 Å². The Hall–Kier alpha value is -2.04. The van der Waals surface area contributed by atoms with Crippen LogP contribution < -0.4 is 10.1 Å². The number of hydrogen-bond acceptors (Lipinski definition) is 3. The number of amides is 1. The Kier molecular flexibility index (Phi) is 4.39. The number of aliphatic carboxylic acids is 1. The molecule has 0 heterocycles. The standard InChI is InChI=1S/C14H17NO4/c16-13(17)7-8-15-14(18)19-12-6-5-10-3-1-2-4-11(10)9-12/h5-6,9H,1-4,7-8H2,(H,15,18)(H,16,17). The van der Waals surface area contributed by atoms with E-state index in [2.05, 4.69) is 5.32 Å². The second-order valence-electron chi connectivity index (χ2n) is 4.60. The maximum absolute atomic E-state index is 11.4. The van der Waals surface area contributed by atoms with Crippen molar-refractivity contribution in [3.05, 3.63) is 29.3 Å². The first-order valence-electron chi connectivity index (χ1n) is 6.44. The predicted octanol–water partition coefficient (Wildman–Crippen LogP) is 2.13. The normalized spacial score (nSPS) is 13.5. The van der Waals surface area contributed by atoms with Crippen LogP contribution in [-0.2, 0) is 17.6 Å². The van der Waals surface area contributed by atoms with E-state index in [1.807, 2.05) is 12.1 Å². The van der Waals surface area contributed by atoms with Crippen LogP contribution in [-0.4, -0.2) is 23.7 Å². The van der Waals surface area contributed by atoms with E-state index in [1.54, 1.807) is 6.07 Å². The molecule has 1 aliphatic carbocycles. The highest BCUT2D eigenvalue weighted by Gasteiger charge is 2.11. The monoisotopic (exact) mass is 263 g/mol. The van der Waals surface area contributed by atoms with Crippen molar-refractivity contribution in [3.63, 3.8) is 0 Å². The van der Waals surface area contributed by atoms with Crippen molar-refractivity contribution in [3.8, 4) is 5.75 Å². The summed E-state index contributed by atoms with van der Waals surface area (Å²) in [6, 6.07) is 5.67. The minimum Gasteiger partial charge on any atom is -0.481 e. The van der Waals surface area contributed by atoms with Crippen molar-refractivity contribution < 1.29 is 19.4 Å². The molecule has 0 atom stereocenters. The lowest BCUT2D eigenvalue weighted by Gasteiger charge is -2.16. The molecule has 0 unspecified atom stereocenters. The predicted molar refractivity (Wildman–Crippen MR) is 69.4 cm³/mol. The summed E-state index contributed by atoms with van der Waals surface area (Å²) >= 11 is 0. The van der Waals surface area contributed by atoms with Crippen molar-refractivity contribution in [2.75, 3.05) is 6.54 Å². The van der Waals surface area contributed by atoms with Crippen molar-refractivity contribution in [1.82, 2.24) is 5.32 Å². The van der Waals surface area contributed by atoms with Gasteiger partial charge < -0.3 is 15.2 Å². The van der Waals surface area contributed by atoms with Crippen LogP contribution in [0.2, 0.25) is 0 Å². The van der Waals surface area contributed by atoms with E-state index in [0.717, 1.165) is 12.8 Å². The average molecular weight is 263 g/mol. The third-order valence-corrected chi connectivity index (χ3v) is 3.14. The zero-order valence-corrected chi connectivity index (χ0v) is 10.6. The molecule has 19 heavy (non-hydrogen) atoms. The minimum absolute atomic E-state index is 0.0686. The minimum atomic E-state index is -0.950. The maximum atomic E-state index is 11.4. The lowest BCUT2D eigenvalue weighted by atomic mass is 9.92. The number of carbonyl (C=O) groups is 2. The molecule has 0 bridgehead atoms. The molecule has 0 fully saturated rings. The van der Waals surface area contributed by atoms with E-state index in [9.17, 15) is 9.59 Å². The van der Waals surface area contributed by atoms with Gasteiger partial charge in [0.25, 0.3) is 0 Å². The van der Waals surface area contributed by atoms with Gasteiger partial charge in [-0.3, -0.25) is 4.79 Å². The highest BCUT2D eigenvalue weighted by Crippen LogP contribution is 2.25. The molecule has 1 aliphatic rings. The lowest BCUT2D eigenvalue weighted by molar-refractivity contribution is -0.136. The first-order chi connectivity index (χ1) is 9.15. The molecule has 5 nitrogen and oxygen atoms in total. The van der Waals surface area contributed by atoms with Crippen LogP contribution in [0.1, 0.15) is 30.4 Å². The largest absolute Gasteiger partial charge is 0.481 e. The van der Waals surface area contributed by atoms with Crippen molar-refractivity contribution in [2.45, 2.75) is 32.1 Å². The maximum Gasteiger partial charge on any atom is 0.412 e. The number of aryl methyl sites for hydroxylation is 2. The van der Waals surface area contributed by atoms with Crippen LogP contribution in [0.25, 0.3) is 0 Å². The van der Waals surface area contributed by atoms with Crippen LogP contribution in [0.4, 0.5) is 4.79 Å². The smallest absolute Gasteiger partial charge is 0.412 e. The summed E-state index contributed by atoms with van der Waals surface area (Å²) in [5.74, 6) is -0.442. The number of fused-ring (bicyclic) bond motifs is 1. The molecule has 102 valence electrons. The molecule has 1 aromatic rings. The molecule has 5 heteroatoms. The second-order valence-corrected chi connectivity index (χ2v) is 4.60. The molecule has 1 aromatic carbocycles. The van der Waals surface area contributed by atoms with Crippen LogP contribution in [0.5, 0.6) is 5.75 Å². The van der Waals surface area contributed by atoms with Gasteiger partial charge in [0, 0.05) is 6.54 Å². The third kappa shape index (κ3) is 3.98. The Morgan fingerprint density at radius 1 is 1.21 bits per heavy atom. The summed E-state index contributed by atoms with van der Waals surface area (Å²) in [6.45, 7) is 0.0686. The number of carboxylic acids is 1. The fraction of sp³-hybridized carbons (Fsp3) is 0.429. The van der Waals surface area contributed by atoms with Gasteiger partial charge in [-0.1, -0.05) is 6.07 Å². The summed E-state index contributed by atoms with van der Waals surface area (Å²) in [5.41, 5.74) is 2.56. The van der Waals surface area contributed by atoms with E-state index in [0.29, 0.717) is 5.75 Å². The fourth-order valence-electron chi connectivity index (χ4n) is 2.19. The lowest BCUT2D eigenvalue weighted by Crippen LogP contribution is -2.29. The Morgan fingerprint density at radius 3 is 2.68 bits per heavy atom. The summed E-state index contributed by atoms with van der Waals surface area (Å²) in [6.07, 6.45) is 3.76. The van der Waals surface area contributed by atoms with Crippen molar-refractivity contribution in [2.24, 2.45) is 0 Å². The number of ether oxygens (including phenoxy) is 1. The first-order valence-corrected chi connectivity index (χ1v) is 6.44. The molecule has 0 saturated carbocycles. The Morgan fingerprint density at radius 2 is 1.95 bits per heavy atom. The molecule has 0 aromatic heterocycles. The van der Waals surface area contributed by atoms with Gasteiger partial charge >= 0.3 is 12.1 Å². The molecule has 0 saturated heterocycles. The van der Waals surface area contributed by atoms with Crippen molar-refractivity contribution >= 4 is 12.1 Å². The van der Waals surface area contributed by atoms with E-state index in [-0.39, 0.29) is 13.0 Å². The highest BCUT2D eigenvalue weighted by molar-refractivity contribution is 5.72. The highest BCUT2D eigenvalue weighted by atomic mass is 16.6. The topological polar surface area (TPSA) is 75.6 Å². The van der Waals surface area contributed by atoms with Crippen LogP contribution in [0.15, 0.2) is 18.2 Å². The van der Waals surface area contributed by atoms with Gasteiger partial charge in [0.05, 0.1) is 6.42 Å². The zero-order chi connectivity index (χ0) is 13.7. The van der Waals surface area contributed by atoms with Crippen LogP contribution in [0.3, 0.4) is 0 Å². The molecule has 0 aliphatic heterocycles. The van der Waals surface area contributed by atoms with Crippen molar-refractivity contribution in [1.29, 1.82) is 0 Å². The molecule has 2 N–H and O–H groups in total. The Bertz CT molecular complexity index is 484. The van der Waals surface area contributed by atoms with Crippen LogP contribution in [0, 0.1) is 0 Å². The van der Waals surface area contributed by atoms with Gasteiger partial charge in [-0.25, -0.2) is 4.79 Å². The Balaban J connectivity index is 1.88. The fourth-order valence-corrected chi connectivity index (χ4v) is 2.19. The van der Waals surface area contributed by atoms with E-state index < -0.39 is 12.1 Å². The summed E-state index contributed by atoms with van der Waals surface area (Å²) < 4.78 is 5.12. The number of carbonyl (C=O) groups excluding carboxylic acids is 1. The van der Waals surface area contributed by atoms with E-state index in [4.69, 9.17) is 9.84 Å². The molecule has 0 radical (unpaired) electrons. The van der Waals surface area contributed by atoms with Gasteiger partial charge in [0.1, 0.15) is 5.75 Å². The number of benzene rings is 1. The number of hydrogen-bond donors (Lipinski definition) is 2. The zero-order valence-electron chi connectivity index (χ0n) is 10.6. The van der Waals surface area contributed by atoms with Gasteiger partial charge in [0.2, 0.25) is 0 Å². The summed E-state index contributed by atoms with van der Waals surface area (Å²) in [7, 11) is 0. The van der Waals surface area contributed by atoms with Gasteiger partial charge in [-0.05, 0) is 48.9 Å². The molecular formula is C14H17NO4. The third-order valence-electron chi connectivity index (χ3n) is 3.14. The number of carboxylic acid groups (broad SMARTS) is 1. The second kappa shape index (κ2) is 6.22. The number of nitrogens with one attached hydrogen (secondary N) is 1. The van der Waals surface area contributed by atoms with Gasteiger partial charge in [-0.15, -0.1) is 0 Å². The summed E-state index contributed by atoms with van der Waals surface area (Å²) in [5, 5.41) is 10.9. The Labute approximate surface area is 111 Å². The summed E-state index contributed by atoms with van der Waals surface area (Å²) in [4.78, 5) is 21.7. The van der Waals surface area contributed by atoms with Gasteiger partial charge in [0.15, 0.2) is 0 Å². The quantitative estimate of drug-likeness (QED) is 0.872. The van der Waals surface area contributed by atoms with Crippen LogP contribution >= 0.6 is 0 Å². The molecular weight excluding hydrogens is 246 g/mol.